The van der Waals surface area contributed by atoms with Crippen molar-refractivity contribution in [1.82, 2.24) is 4.90 Å². The first-order chi connectivity index (χ1) is 12.5. The molecule has 0 saturated carbocycles. The van der Waals surface area contributed by atoms with Gasteiger partial charge < -0.3 is 14.4 Å². The molecule has 1 aliphatic heterocycles. The molecular formula is C21H23NO4. The lowest BCUT2D eigenvalue weighted by Crippen LogP contribution is -2.74. The molecule has 2 aromatic carbocycles. The maximum Gasteiger partial charge on any atom is 0.332 e. The van der Waals surface area contributed by atoms with Gasteiger partial charge >= 0.3 is 5.97 Å². The highest BCUT2D eigenvalue weighted by atomic mass is 16.5. The second kappa shape index (κ2) is 7.20. The van der Waals surface area contributed by atoms with Gasteiger partial charge in [-0.25, -0.2) is 4.79 Å². The summed E-state index contributed by atoms with van der Waals surface area (Å²) in [6.45, 7) is 2.15. The first kappa shape index (κ1) is 18.0. The third kappa shape index (κ3) is 2.94. The molecule has 0 N–H and O–H groups in total. The Bertz CT molecular complexity index is 787. The van der Waals surface area contributed by atoms with Crippen LogP contribution in [0.1, 0.15) is 18.1 Å². The molecule has 0 spiro atoms. The third-order valence-electron chi connectivity index (χ3n) is 5.19. The predicted octanol–water partition coefficient (Wildman–Crippen LogP) is 2.83. The van der Waals surface area contributed by atoms with Crippen molar-refractivity contribution in [3.8, 4) is 5.75 Å². The Morgan fingerprint density at radius 1 is 1.04 bits per heavy atom. The number of nitrogens with zero attached hydrogens (tertiary/aromatic N) is 1. The predicted molar refractivity (Wildman–Crippen MR) is 97.6 cm³/mol. The highest BCUT2D eigenvalue weighted by Crippen LogP contribution is 2.42. The van der Waals surface area contributed by atoms with E-state index in [0.717, 1.165) is 16.9 Å². The number of benzene rings is 2. The van der Waals surface area contributed by atoms with Crippen molar-refractivity contribution in [1.29, 1.82) is 0 Å². The van der Waals surface area contributed by atoms with E-state index in [9.17, 15) is 9.59 Å². The summed E-state index contributed by atoms with van der Waals surface area (Å²) in [6.07, 6.45) is 0.434. The summed E-state index contributed by atoms with van der Waals surface area (Å²) in [5.74, 6) is -0.0851. The van der Waals surface area contributed by atoms with Crippen LogP contribution in [0.3, 0.4) is 0 Å². The molecule has 1 fully saturated rings. The number of methoxy groups -OCH3 is 2. The summed E-state index contributed by atoms with van der Waals surface area (Å²) in [5.41, 5.74) is 0.956. The van der Waals surface area contributed by atoms with Crippen LogP contribution >= 0.6 is 0 Å². The topological polar surface area (TPSA) is 55.8 Å². The minimum Gasteiger partial charge on any atom is -0.497 e. The highest BCUT2D eigenvalue weighted by Gasteiger charge is 2.63. The van der Waals surface area contributed by atoms with Gasteiger partial charge in [-0.3, -0.25) is 4.79 Å². The lowest BCUT2D eigenvalue weighted by atomic mass is 9.70. The summed E-state index contributed by atoms with van der Waals surface area (Å²) in [7, 11) is 2.98. The lowest BCUT2D eigenvalue weighted by Gasteiger charge is -2.54. The van der Waals surface area contributed by atoms with E-state index in [1.807, 2.05) is 54.6 Å². The molecule has 0 bridgehead atoms. The van der Waals surface area contributed by atoms with E-state index >= 15 is 0 Å². The Labute approximate surface area is 153 Å². The van der Waals surface area contributed by atoms with Crippen LogP contribution in [0.4, 0.5) is 0 Å². The van der Waals surface area contributed by atoms with Crippen molar-refractivity contribution < 1.29 is 19.1 Å². The third-order valence-corrected chi connectivity index (χ3v) is 5.19. The van der Waals surface area contributed by atoms with E-state index in [-0.39, 0.29) is 11.9 Å². The maximum atomic E-state index is 12.7. The van der Waals surface area contributed by atoms with Crippen molar-refractivity contribution in [2.75, 3.05) is 14.2 Å². The molecule has 0 radical (unpaired) electrons. The summed E-state index contributed by atoms with van der Waals surface area (Å²) in [5, 5.41) is 0. The van der Waals surface area contributed by atoms with Crippen LogP contribution in [0.2, 0.25) is 0 Å². The number of hydrogen-bond acceptors (Lipinski definition) is 4. The molecule has 0 unspecified atom stereocenters. The van der Waals surface area contributed by atoms with Crippen LogP contribution in [-0.4, -0.2) is 36.5 Å². The molecule has 3 rings (SSSR count). The summed E-state index contributed by atoms with van der Waals surface area (Å²) < 4.78 is 10.3. The zero-order chi connectivity index (χ0) is 18.7. The monoisotopic (exact) mass is 353 g/mol. The molecule has 2 aromatic rings. The fraction of sp³-hybridized carbons (Fsp3) is 0.333. The van der Waals surface area contributed by atoms with Crippen LogP contribution in [0.25, 0.3) is 0 Å². The number of hydrogen-bond donors (Lipinski definition) is 0. The van der Waals surface area contributed by atoms with Gasteiger partial charge in [-0.05, 0) is 23.3 Å². The van der Waals surface area contributed by atoms with Crippen molar-refractivity contribution in [2.24, 2.45) is 5.92 Å². The van der Waals surface area contributed by atoms with Gasteiger partial charge in [0.2, 0.25) is 5.91 Å². The SMILES string of the molecule is COC(=O)[C@@]1(Cc2ccccc2)[C@@H](C)C(=O)N1Cc1ccc(OC)cc1. The Hall–Kier alpha value is -2.82. The lowest BCUT2D eigenvalue weighted by molar-refractivity contribution is -0.190. The van der Waals surface area contributed by atoms with Gasteiger partial charge in [0.15, 0.2) is 5.54 Å². The Balaban J connectivity index is 1.92. The number of ether oxygens (including phenoxy) is 2. The van der Waals surface area contributed by atoms with E-state index < -0.39 is 11.5 Å². The van der Waals surface area contributed by atoms with Gasteiger partial charge in [0, 0.05) is 13.0 Å². The van der Waals surface area contributed by atoms with Crippen molar-refractivity contribution in [3.63, 3.8) is 0 Å². The number of likely N-dealkylation sites (tertiary alicyclic amines) is 1. The molecule has 26 heavy (non-hydrogen) atoms. The standard InChI is InChI=1S/C21H23NO4/c1-15-19(23)22(14-17-9-11-18(25-2)12-10-17)21(15,20(24)26-3)13-16-7-5-4-6-8-16/h4-12,15H,13-14H2,1-3H3/t15-,21+/m0/s1. The Morgan fingerprint density at radius 3 is 2.27 bits per heavy atom. The minimum absolute atomic E-state index is 0.0397. The molecular weight excluding hydrogens is 330 g/mol. The van der Waals surface area contributed by atoms with Crippen molar-refractivity contribution in [2.45, 2.75) is 25.4 Å². The molecule has 0 aliphatic carbocycles. The molecule has 1 heterocycles. The zero-order valence-electron chi connectivity index (χ0n) is 15.3. The van der Waals surface area contributed by atoms with Crippen molar-refractivity contribution >= 4 is 11.9 Å². The second-order valence-corrected chi connectivity index (χ2v) is 6.57. The molecule has 5 nitrogen and oxygen atoms in total. The van der Waals surface area contributed by atoms with Crippen molar-refractivity contribution in [3.05, 3.63) is 65.7 Å². The number of esters is 1. The number of rotatable bonds is 6. The molecule has 1 saturated heterocycles. The average molecular weight is 353 g/mol. The van der Waals surface area contributed by atoms with E-state index in [0.29, 0.717) is 13.0 Å². The van der Waals surface area contributed by atoms with Gasteiger partial charge in [0.1, 0.15) is 5.75 Å². The Kier molecular flexibility index (Phi) is 4.98. The summed E-state index contributed by atoms with van der Waals surface area (Å²) in [4.78, 5) is 27.0. The van der Waals surface area contributed by atoms with Crippen LogP contribution < -0.4 is 4.74 Å². The molecule has 5 heteroatoms. The van der Waals surface area contributed by atoms with E-state index in [1.165, 1.54) is 7.11 Å². The minimum atomic E-state index is -0.979. The number of β-lactam (4-membered cyclic amide) rings is 1. The van der Waals surface area contributed by atoms with Crippen LogP contribution in [0.15, 0.2) is 54.6 Å². The normalized spacial score (nSPS) is 21.9. The first-order valence-electron chi connectivity index (χ1n) is 8.59. The van der Waals surface area contributed by atoms with Crippen LogP contribution in [0.5, 0.6) is 5.75 Å². The van der Waals surface area contributed by atoms with Crippen LogP contribution in [0, 0.1) is 5.92 Å². The summed E-state index contributed by atoms with van der Waals surface area (Å²) in [6, 6.07) is 17.2. The van der Waals surface area contributed by atoms with Gasteiger partial charge in [0.05, 0.1) is 20.1 Å². The second-order valence-electron chi connectivity index (χ2n) is 6.57. The summed E-state index contributed by atoms with van der Waals surface area (Å²) >= 11 is 0. The van der Waals surface area contributed by atoms with Crippen LogP contribution in [-0.2, 0) is 27.3 Å². The van der Waals surface area contributed by atoms with E-state index in [2.05, 4.69) is 0 Å². The number of carbonyl (C=O) groups excluding carboxylic acids is 2. The fourth-order valence-electron chi connectivity index (χ4n) is 3.63. The number of amides is 1. The van der Waals surface area contributed by atoms with Gasteiger partial charge in [-0.1, -0.05) is 49.4 Å². The highest BCUT2D eigenvalue weighted by molar-refractivity contribution is 6.01. The molecule has 1 aliphatic rings. The molecule has 136 valence electrons. The molecule has 1 amide bonds. The smallest absolute Gasteiger partial charge is 0.332 e. The fourth-order valence-corrected chi connectivity index (χ4v) is 3.63. The zero-order valence-corrected chi connectivity index (χ0v) is 15.3. The maximum absolute atomic E-state index is 12.7. The average Bonchev–Trinajstić information content (AvgIpc) is 2.70. The van der Waals surface area contributed by atoms with E-state index in [4.69, 9.17) is 9.47 Å². The number of carbonyl (C=O) groups is 2. The van der Waals surface area contributed by atoms with E-state index in [1.54, 1.807) is 18.9 Å². The quantitative estimate of drug-likeness (QED) is 0.592. The Morgan fingerprint density at radius 2 is 1.69 bits per heavy atom. The van der Waals surface area contributed by atoms with Gasteiger partial charge in [0.25, 0.3) is 0 Å². The van der Waals surface area contributed by atoms with Gasteiger partial charge in [-0.15, -0.1) is 0 Å². The largest absolute Gasteiger partial charge is 0.497 e. The van der Waals surface area contributed by atoms with Gasteiger partial charge in [-0.2, -0.15) is 0 Å². The molecule has 0 aromatic heterocycles. The molecule has 2 atom stereocenters. The first-order valence-corrected chi connectivity index (χ1v) is 8.59.